The average Bonchev–Trinajstić information content (AvgIpc) is 3.05. The summed E-state index contributed by atoms with van der Waals surface area (Å²) in [6.07, 6.45) is 13.3. The van der Waals surface area contributed by atoms with Gasteiger partial charge in [0.1, 0.15) is 5.75 Å². The van der Waals surface area contributed by atoms with Crippen LogP contribution < -0.4 is 0 Å². The molecule has 0 aromatic heterocycles. The quantitative estimate of drug-likeness (QED) is 0.476. The van der Waals surface area contributed by atoms with Gasteiger partial charge in [0, 0.05) is 7.11 Å². The van der Waals surface area contributed by atoms with E-state index < -0.39 is 0 Å². The molecule has 30 heavy (non-hydrogen) atoms. The fraction of sp³-hybridized carbons (Fsp3) is 0.778. The predicted octanol–water partition coefficient (Wildman–Crippen LogP) is 6.53. The summed E-state index contributed by atoms with van der Waals surface area (Å²) in [5.41, 5.74) is 3.04. The van der Waals surface area contributed by atoms with E-state index in [0.29, 0.717) is 35.5 Å². The maximum Gasteiger partial charge on any atom is 0.115 e. The molecule has 3 nitrogen and oxygen atoms in total. The van der Waals surface area contributed by atoms with Gasteiger partial charge in [0.2, 0.25) is 0 Å². The summed E-state index contributed by atoms with van der Waals surface area (Å²) in [5.74, 6) is 2.94. The minimum atomic E-state index is -0.115. The van der Waals surface area contributed by atoms with Crippen molar-refractivity contribution in [2.75, 3.05) is 7.11 Å². The molecule has 0 amide bonds. The molecule has 0 saturated heterocycles. The minimum Gasteiger partial charge on any atom is -0.508 e. The maximum atomic E-state index is 10.7. The molecule has 7 atom stereocenters. The second-order valence-electron chi connectivity index (χ2n) is 10.7. The van der Waals surface area contributed by atoms with E-state index in [2.05, 4.69) is 26.0 Å². The fourth-order valence-electron chi connectivity index (χ4n) is 7.39. The van der Waals surface area contributed by atoms with Crippen LogP contribution >= 0.6 is 0 Å². The molecule has 2 N–H and O–H groups in total. The van der Waals surface area contributed by atoms with Gasteiger partial charge < -0.3 is 14.9 Å². The average molecular weight is 415 g/mol. The van der Waals surface area contributed by atoms with E-state index in [0.717, 1.165) is 25.7 Å². The summed E-state index contributed by atoms with van der Waals surface area (Å²) < 4.78 is 5.52. The topological polar surface area (TPSA) is 49.7 Å². The highest BCUT2D eigenvalue weighted by molar-refractivity contribution is 5.42. The Morgan fingerprint density at radius 3 is 2.73 bits per heavy atom. The summed E-state index contributed by atoms with van der Waals surface area (Å²) in [6, 6.07) is 6.17. The van der Waals surface area contributed by atoms with Gasteiger partial charge in [0.15, 0.2) is 0 Å². The number of phenolic OH excluding ortho intramolecular Hbond substituents is 1. The highest BCUT2D eigenvalue weighted by Gasteiger charge is 2.55. The number of rotatable bonds is 8. The highest BCUT2D eigenvalue weighted by Crippen LogP contribution is 2.62. The number of fused-ring (bicyclic) bond motifs is 5. The Kier molecular flexibility index (Phi) is 6.79. The summed E-state index contributed by atoms with van der Waals surface area (Å²) in [6.45, 7) is 4.56. The van der Waals surface area contributed by atoms with Gasteiger partial charge in [0.05, 0.1) is 12.2 Å². The number of hydrogen-bond acceptors (Lipinski definition) is 3. The van der Waals surface area contributed by atoms with Gasteiger partial charge in [-0.2, -0.15) is 0 Å². The van der Waals surface area contributed by atoms with Crippen LogP contribution in [0.1, 0.15) is 107 Å². The molecule has 2 fully saturated rings. The van der Waals surface area contributed by atoms with Crippen LogP contribution in [0.5, 0.6) is 5.75 Å². The van der Waals surface area contributed by atoms with Crippen LogP contribution in [-0.4, -0.2) is 29.5 Å². The molecule has 0 heterocycles. The third-order valence-corrected chi connectivity index (χ3v) is 9.22. The molecule has 4 rings (SSSR count). The van der Waals surface area contributed by atoms with Gasteiger partial charge in [-0.1, -0.05) is 39.2 Å². The van der Waals surface area contributed by atoms with E-state index in [1.54, 1.807) is 0 Å². The van der Waals surface area contributed by atoms with Crippen molar-refractivity contribution >= 4 is 0 Å². The largest absolute Gasteiger partial charge is 0.508 e. The lowest BCUT2D eigenvalue weighted by Gasteiger charge is -2.51. The molecule has 3 aliphatic rings. The van der Waals surface area contributed by atoms with E-state index in [1.165, 1.54) is 56.1 Å². The van der Waals surface area contributed by atoms with E-state index in [1.807, 2.05) is 13.2 Å². The molecule has 0 aliphatic heterocycles. The Labute approximate surface area is 183 Å². The van der Waals surface area contributed by atoms with Gasteiger partial charge in [0.25, 0.3) is 0 Å². The SMILES string of the molecule is CCC(CCCCC[C@@H]1C[C@@H]2[C@H](CC[C@]3(C)C(O)CC[C@@H]23)c2ccc(O)cc21)OC. The normalized spacial score (nSPS) is 36.1. The Hall–Kier alpha value is -1.06. The van der Waals surface area contributed by atoms with Crippen LogP contribution in [0.25, 0.3) is 0 Å². The number of benzene rings is 1. The molecule has 0 bridgehead atoms. The monoisotopic (exact) mass is 414 g/mol. The van der Waals surface area contributed by atoms with E-state index in [-0.39, 0.29) is 11.5 Å². The second-order valence-corrected chi connectivity index (χ2v) is 10.7. The third kappa shape index (κ3) is 4.05. The van der Waals surface area contributed by atoms with Crippen LogP contribution in [0.2, 0.25) is 0 Å². The first-order valence-electron chi connectivity index (χ1n) is 12.5. The van der Waals surface area contributed by atoms with Crippen molar-refractivity contribution < 1.29 is 14.9 Å². The minimum absolute atomic E-state index is 0.115. The number of unbranched alkanes of at least 4 members (excludes halogenated alkanes) is 2. The van der Waals surface area contributed by atoms with Crippen LogP contribution in [-0.2, 0) is 4.74 Å². The van der Waals surface area contributed by atoms with Crippen molar-refractivity contribution in [2.45, 2.75) is 109 Å². The van der Waals surface area contributed by atoms with Gasteiger partial charge in [-0.05, 0) is 104 Å². The molecule has 1 aromatic carbocycles. The molecule has 2 unspecified atom stereocenters. The van der Waals surface area contributed by atoms with Crippen molar-refractivity contribution in [3.63, 3.8) is 0 Å². The lowest BCUT2D eigenvalue weighted by atomic mass is 9.53. The number of ether oxygens (including phenoxy) is 1. The summed E-state index contributed by atoms with van der Waals surface area (Å²) in [4.78, 5) is 0. The summed E-state index contributed by atoms with van der Waals surface area (Å²) in [7, 11) is 1.83. The molecular formula is C27H42O3. The zero-order valence-electron chi connectivity index (χ0n) is 19.3. The number of hydrogen-bond donors (Lipinski definition) is 2. The molecule has 168 valence electrons. The van der Waals surface area contributed by atoms with Gasteiger partial charge in [-0.15, -0.1) is 0 Å². The Morgan fingerprint density at radius 1 is 1.13 bits per heavy atom. The number of methoxy groups -OCH3 is 1. The summed E-state index contributed by atoms with van der Waals surface area (Å²) in [5, 5.41) is 20.9. The molecule has 1 aromatic rings. The molecule has 3 heteroatoms. The third-order valence-electron chi connectivity index (χ3n) is 9.22. The molecule has 0 spiro atoms. The van der Waals surface area contributed by atoms with Crippen LogP contribution in [0.4, 0.5) is 0 Å². The Bertz CT molecular complexity index is 712. The zero-order valence-corrected chi connectivity index (χ0v) is 19.3. The van der Waals surface area contributed by atoms with Crippen molar-refractivity contribution in [3.05, 3.63) is 29.3 Å². The first kappa shape index (κ1) is 22.1. The van der Waals surface area contributed by atoms with Crippen molar-refractivity contribution in [1.82, 2.24) is 0 Å². The molecule has 3 aliphatic carbocycles. The van der Waals surface area contributed by atoms with Crippen molar-refractivity contribution in [2.24, 2.45) is 17.3 Å². The number of phenols is 1. The Morgan fingerprint density at radius 2 is 1.97 bits per heavy atom. The number of aliphatic hydroxyl groups is 1. The fourth-order valence-corrected chi connectivity index (χ4v) is 7.39. The van der Waals surface area contributed by atoms with E-state index in [4.69, 9.17) is 4.74 Å². The van der Waals surface area contributed by atoms with Crippen LogP contribution in [0.15, 0.2) is 18.2 Å². The highest BCUT2D eigenvalue weighted by atomic mass is 16.5. The first-order valence-corrected chi connectivity index (χ1v) is 12.5. The second kappa shape index (κ2) is 9.20. The van der Waals surface area contributed by atoms with Crippen LogP contribution in [0.3, 0.4) is 0 Å². The first-order chi connectivity index (χ1) is 14.5. The van der Waals surface area contributed by atoms with Gasteiger partial charge >= 0.3 is 0 Å². The smallest absolute Gasteiger partial charge is 0.115 e. The van der Waals surface area contributed by atoms with E-state index in [9.17, 15) is 10.2 Å². The van der Waals surface area contributed by atoms with Gasteiger partial charge in [-0.25, -0.2) is 0 Å². The Balaban J connectivity index is 1.47. The lowest BCUT2D eigenvalue weighted by Crippen LogP contribution is -2.44. The maximum absolute atomic E-state index is 10.7. The number of aromatic hydroxyl groups is 1. The lowest BCUT2D eigenvalue weighted by molar-refractivity contribution is -0.0252. The predicted molar refractivity (Wildman–Crippen MR) is 122 cm³/mol. The van der Waals surface area contributed by atoms with E-state index >= 15 is 0 Å². The number of aliphatic hydroxyl groups excluding tert-OH is 1. The summed E-state index contributed by atoms with van der Waals surface area (Å²) >= 11 is 0. The molecule has 2 saturated carbocycles. The van der Waals surface area contributed by atoms with Gasteiger partial charge in [-0.3, -0.25) is 0 Å². The zero-order chi connectivity index (χ0) is 21.3. The molecular weight excluding hydrogens is 372 g/mol. The van der Waals surface area contributed by atoms with Crippen molar-refractivity contribution in [1.29, 1.82) is 0 Å². The molecule has 0 radical (unpaired) electrons. The standard InChI is InChI=1S/C27H42O3/c1-4-20(30-3)9-7-5-6-8-18-16-24-22(21-11-10-19(28)17-23(18)21)14-15-27(2)25(24)12-13-26(27)29/h10-11,17-18,20,22,24-26,28-29H,4-9,12-16H2,1-3H3/t18-,20?,22-,24-,25+,26?,27+/m1/s1. The van der Waals surface area contributed by atoms with Crippen molar-refractivity contribution in [3.8, 4) is 5.75 Å². The van der Waals surface area contributed by atoms with Crippen LogP contribution in [0, 0.1) is 17.3 Å².